The second-order valence-corrected chi connectivity index (χ2v) is 8.76. The molecule has 1 aliphatic rings. The number of ketones is 1. The summed E-state index contributed by atoms with van der Waals surface area (Å²) in [5, 5.41) is 3.22. The fourth-order valence-corrected chi connectivity index (χ4v) is 4.19. The van der Waals surface area contributed by atoms with Gasteiger partial charge in [-0.1, -0.05) is 62.4 Å². The van der Waals surface area contributed by atoms with Crippen molar-refractivity contribution in [3.63, 3.8) is 0 Å². The summed E-state index contributed by atoms with van der Waals surface area (Å²) in [5.74, 6) is -2.40. The molecular weight excluding hydrogens is 490 g/mol. The number of benzene rings is 2. The zero-order chi connectivity index (χ0) is 26.6. The van der Waals surface area contributed by atoms with Crippen molar-refractivity contribution in [2.45, 2.75) is 33.2 Å². The van der Waals surface area contributed by atoms with Gasteiger partial charge in [0.15, 0.2) is 0 Å². The van der Waals surface area contributed by atoms with Crippen molar-refractivity contribution in [3.05, 3.63) is 124 Å². The number of carbonyl (C=O) groups is 1. The molecule has 8 heteroatoms. The molecule has 192 valence electrons. The average Bonchev–Trinajstić information content (AvgIpc) is 2.89. The molecule has 1 heterocycles. The van der Waals surface area contributed by atoms with E-state index in [1.165, 1.54) is 17.7 Å². The van der Waals surface area contributed by atoms with Gasteiger partial charge in [0.1, 0.15) is 23.3 Å². The zero-order valence-electron chi connectivity index (χ0n) is 20.8. The van der Waals surface area contributed by atoms with Crippen molar-refractivity contribution in [1.29, 1.82) is 0 Å². The minimum atomic E-state index is -0.942. The Labute approximate surface area is 220 Å². The Morgan fingerprint density at radius 2 is 1.73 bits per heavy atom. The maximum absolute atomic E-state index is 14.0. The van der Waals surface area contributed by atoms with E-state index >= 15 is 0 Å². The third-order valence-corrected chi connectivity index (χ3v) is 6.06. The molecule has 1 aromatic heterocycles. The molecule has 0 aliphatic heterocycles. The van der Waals surface area contributed by atoms with Gasteiger partial charge in [-0.25, -0.2) is 13.8 Å². The van der Waals surface area contributed by atoms with E-state index < -0.39 is 23.0 Å². The topological polar surface area (TPSA) is 80.0 Å². The van der Waals surface area contributed by atoms with Crippen molar-refractivity contribution in [1.82, 2.24) is 9.71 Å². The summed E-state index contributed by atoms with van der Waals surface area (Å²) in [6.07, 6.45) is 9.74. The van der Waals surface area contributed by atoms with Crippen molar-refractivity contribution in [2.24, 2.45) is 0 Å². The highest BCUT2D eigenvalue weighted by Gasteiger charge is 2.21. The van der Waals surface area contributed by atoms with Crippen LogP contribution in [0.5, 0.6) is 0 Å². The molecule has 0 radical (unpaired) electrons. The van der Waals surface area contributed by atoms with Gasteiger partial charge < -0.3 is 11.1 Å². The van der Waals surface area contributed by atoms with Gasteiger partial charge >= 0.3 is 0 Å². The fourth-order valence-electron chi connectivity index (χ4n) is 3.48. The van der Waals surface area contributed by atoms with Crippen LogP contribution in [0.2, 0.25) is 0 Å². The lowest BCUT2D eigenvalue weighted by molar-refractivity contribution is 0.103. The summed E-state index contributed by atoms with van der Waals surface area (Å²) in [6.45, 7) is 4.75. The molecule has 0 saturated carbocycles. The first-order chi connectivity index (χ1) is 18.0. The smallest absolute Gasteiger partial charge is 0.202 e. The van der Waals surface area contributed by atoms with E-state index in [1.807, 2.05) is 44.2 Å². The van der Waals surface area contributed by atoms with Gasteiger partial charge in [0.2, 0.25) is 5.78 Å². The first-order valence-electron chi connectivity index (χ1n) is 12.0. The Morgan fingerprint density at radius 3 is 2.43 bits per heavy atom. The Bertz CT molecular complexity index is 1290. The minimum absolute atomic E-state index is 0.0581. The third-order valence-electron chi connectivity index (χ3n) is 5.27. The lowest BCUT2D eigenvalue weighted by Gasteiger charge is -2.13. The largest absolute Gasteiger partial charge is 0.383 e. The highest BCUT2D eigenvalue weighted by atomic mass is 32.2. The second kappa shape index (κ2) is 14.1. The number of halogens is 2. The molecule has 0 bridgehead atoms. The number of hydrogen-bond acceptors (Lipinski definition) is 6. The van der Waals surface area contributed by atoms with Crippen LogP contribution in [-0.2, 0) is 6.54 Å². The number of nitrogens with zero attached hydrogens (tertiary/aromatic N) is 1. The lowest BCUT2D eigenvalue weighted by atomic mass is 10.0. The van der Waals surface area contributed by atoms with Crippen LogP contribution >= 0.6 is 11.9 Å². The van der Waals surface area contributed by atoms with Gasteiger partial charge in [-0.2, -0.15) is 0 Å². The maximum atomic E-state index is 14.0. The Balaban J connectivity index is 0.00000186. The molecule has 0 amide bonds. The van der Waals surface area contributed by atoms with Gasteiger partial charge in [-0.3, -0.25) is 9.52 Å². The number of rotatable bonds is 8. The van der Waals surface area contributed by atoms with Gasteiger partial charge in [-0.15, -0.1) is 0 Å². The highest BCUT2D eigenvalue weighted by molar-refractivity contribution is 8.01. The third kappa shape index (κ3) is 7.87. The van der Waals surface area contributed by atoms with E-state index in [1.54, 1.807) is 18.0 Å². The number of carbonyl (C=O) groups excluding carboxylic acids is 1. The number of allylic oxidation sites excluding steroid dienone is 5. The molecule has 37 heavy (non-hydrogen) atoms. The lowest BCUT2D eigenvalue weighted by Crippen LogP contribution is -2.12. The molecule has 0 saturated heterocycles. The van der Waals surface area contributed by atoms with E-state index in [2.05, 4.69) is 39.3 Å². The average molecular weight is 521 g/mol. The number of nitrogens with one attached hydrogen (secondary N) is 2. The number of nitrogen functional groups attached to an aromatic ring is 1. The quantitative estimate of drug-likeness (QED) is 0.216. The van der Waals surface area contributed by atoms with Crippen molar-refractivity contribution in [2.75, 3.05) is 11.1 Å². The van der Waals surface area contributed by atoms with E-state index in [0.717, 1.165) is 42.1 Å². The number of aromatic nitrogens is 1. The molecule has 4 N–H and O–H groups in total. The predicted molar refractivity (Wildman–Crippen MR) is 149 cm³/mol. The van der Waals surface area contributed by atoms with E-state index in [9.17, 15) is 13.6 Å². The molecule has 3 aromatic rings. The van der Waals surface area contributed by atoms with Gasteiger partial charge in [0.05, 0.1) is 11.1 Å². The molecule has 0 fully saturated rings. The summed E-state index contributed by atoms with van der Waals surface area (Å²) in [4.78, 5) is 17.9. The summed E-state index contributed by atoms with van der Waals surface area (Å²) in [6, 6.07) is 16.4. The van der Waals surface area contributed by atoms with E-state index in [4.69, 9.17) is 5.73 Å². The minimum Gasteiger partial charge on any atom is -0.383 e. The van der Waals surface area contributed by atoms with Crippen LogP contribution in [0, 0.1) is 11.6 Å². The number of nitrogens with two attached hydrogens (primary N) is 1. The predicted octanol–water partition coefficient (Wildman–Crippen LogP) is 7.17. The van der Waals surface area contributed by atoms with Crippen LogP contribution in [0.15, 0.2) is 95.6 Å². The summed E-state index contributed by atoms with van der Waals surface area (Å²) >= 11 is 1.55. The normalized spacial score (nSPS) is 15.7. The SMILES string of the molecule is CC.Nc1nc(N/C2=C/C=C(/SNCc3ccccc3)C=CCC2)ccc1C(=O)c1c(F)cccc1F. The molecule has 0 spiro atoms. The second-order valence-electron chi connectivity index (χ2n) is 7.79. The monoisotopic (exact) mass is 520 g/mol. The van der Waals surface area contributed by atoms with Gasteiger partial charge in [-0.05, 0) is 66.8 Å². The van der Waals surface area contributed by atoms with Gasteiger partial charge in [0, 0.05) is 17.1 Å². The Hall–Kier alpha value is -3.75. The molecule has 0 unspecified atom stereocenters. The van der Waals surface area contributed by atoms with Crippen molar-refractivity contribution < 1.29 is 13.6 Å². The Morgan fingerprint density at radius 1 is 1.00 bits per heavy atom. The Kier molecular flexibility index (Phi) is 10.6. The molecule has 4 rings (SSSR count). The van der Waals surface area contributed by atoms with Crippen LogP contribution in [0.3, 0.4) is 0 Å². The van der Waals surface area contributed by atoms with E-state index in [0.29, 0.717) is 5.82 Å². The van der Waals surface area contributed by atoms with Crippen LogP contribution in [0.4, 0.5) is 20.4 Å². The highest BCUT2D eigenvalue weighted by Crippen LogP contribution is 2.24. The summed E-state index contributed by atoms with van der Waals surface area (Å²) in [7, 11) is 0. The van der Waals surface area contributed by atoms with Crippen molar-refractivity contribution >= 4 is 29.4 Å². The van der Waals surface area contributed by atoms with Crippen LogP contribution < -0.4 is 15.8 Å². The number of pyridine rings is 1. The summed E-state index contributed by atoms with van der Waals surface area (Å²) < 4.78 is 31.4. The van der Waals surface area contributed by atoms with Crippen LogP contribution in [0.1, 0.15) is 48.2 Å². The summed E-state index contributed by atoms with van der Waals surface area (Å²) in [5.41, 5.74) is 7.39. The fraction of sp³-hybridized carbons (Fsp3) is 0.172. The van der Waals surface area contributed by atoms with Crippen LogP contribution in [0.25, 0.3) is 0 Å². The molecule has 5 nitrogen and oxygen atoms in total. The zero-order valence-corrected chi connectivity index (χ0v) is 21.6. The molecule has 2 aromatic carbocycles. The van der Waals surface area contributed by atoms with Crippen LogP contribution in [-0.4, -0.2) is 10.8 Å². The first-order valence-corrected chi connectivity index (χ1v) is 12.9. The molecule has 0 atom stereocenters. The first kappa shape index (κ1) is 27.8. The number of anilines is 2. The molecule has 1 aliphatic carbocycles. The number of hydrogen-bond donors (Lipinski definition) is 3. The van der Waals surface area contributed by atoms with Gasteiger partial charge in [0.25, 0.3) is 0 Å². The standard InChI is InChI=1S/C27H24F2N4OS.C2H6/c28-22-11-6-12-23(29)25(22)26(34)21-15-16-24(33-27(21)30)32-19-9-4-5-10-20(14-13-19)35-31-17-18-7-2-1-3-8-18;1-2/h1-3,5-8,10-16,31H,4,9,17H2,(H3,30,32,33);1-2H3/b10-5?,19-13+,20-14+;. The van der Waals surface area contributed by atoms with Crippen molar-refractivity contribution in [3.8, 4) is 0 Å². The maximum Gasteiger partial charge on any atom is 0.202 e. The van der Waals surface area contributed by atoms with E-state index in [-0.39, 0.29) is 11.4 Å². The molecular formula is C29H30F2N4OS.